The molecule has 0 radical (unpaired) electrons. The lowest BCUT2D eigenvalue weighted by Gasteiger charge is -2.38. The summed E-state index contributed by atoms with van der Waals surface area (Å²) in [6, 6.07) is 7.24. The molecule has 2 saturated carbocycles. The summed E-state index contributed by atoms with van der Waals surface area (Å²) in [7, 11) is 0. The molecule has 1 aromatic rings. The first-order chi connectivity index (χ1) is 13.9. The summed E-state index contributed by atoms with van der Waals surface area (Å²) >= 11 is 0. The van der Waals surface area contributed by atoms with Crippen molar-refractivity contribution in [3.05, 3.63) is 35.4 Å². The van der Waals surface area contributed by atoms with Crippen molar-refractivity contribution in [2.24, 2.45) is 17.8 Å². The summed E-state index contributed by atoms with van der Waals surface area (Å²) in [5, 5.41) is 0. The van der Waals surface area contributed by atoms with Gasteiger partial charge in [-0.3, -0.25) is 0 Å². The third-order valence-corrected chi connectivity index (χ3v) is 7.65. The van der Waals surface area contributed by atoms with Crippen molar-refractivity contribution in [1.82, 2.24) is 0 Å². The molecule has 0 atom stereocenters. The zero-order chi connectivity index (χ0) is 20.7. The standard InChI is InChI=1S/C26H39F3/c1-2-3-4-5-6-20-7-11-22(12-8-20)24-15-17-25(18-16-24)23-13-9-21(10-14-23)19-26(27,28)29/h9-10,13-14,20,22,24-25H,2-8,11-12,15-19H2,1H3. The van der Waals surface area contributed by atoms with E-state index in [1.54, 1.807) is 12.1 Å². The number of benzene rings is 1. The lowest BCUT2D eigenvalue weighted by atomic mass is 9.68. The molecule has 1 aromatic carbocycles. The van der Waals surface area contributed by atoms with Crippen LogP contribution in [0, 0.1) is 17.8 Å². The summed E-state index contributed by atoms with van der Waals surface area (Å²) < 4.78 is 37.6. The second kappa shape index (κ2) is 10.9. The van der Waals surface area contributed by atoms with Crippen LogP contribution in [0.4, 0.5) is 13.2 Å². The summed E-state index contributed by atoms with van der Waals surface area (Å²) in [6.07, 6.45) is 12.8. The number of alkyl halides is 3. The van der Waals surface area contributed by atoms with Crippen molar-refractivity contribution in [1.29, 1.82) is 0 Å². The summed E-state index contributed by atoms with van der Waals surface area (Å²) in [5.41, 5.74) is 1.62. The van der Waals surface area contributed by atoms with E-state index in [1.807, 2.05) is 12.1 Å². The summed E-state index contributed by atoms with van der Waals surface area (Å²) in [6.45, 7) is 2.28. The Morgan fingerprint density at radius 3 is 1.90 bits per heavy atom. The number of hydrogen-bond acceptors (Lipinski definition) is 0. The maximum Gasteiger partial charge on any atom is 0.393 e. The minimum atomic E-state index is -4.12. The monoisotopic (exact) mass is 408 g/mol. The molecule has 164 valence electrons. The van der Waals surface area contributed by atoms with Crippen LogP contribution in [-0.2, 0) is 6.42 Å². The SMILES string of the molecule is CCCCCCC1CCC(C2CCC(c3ccc(CC(F)(F)F)cc3)CC2)CC1. The number of halogens is 3. The smallest absolute Gasteiger partial charge is 0.171 e. The normalized spacial score (nSPS) is 28.4. The molecule has 2 aliphatic carbocycles. The van der Waals surface area contributed by atoms with Gasteiger partial charge in [0.1, 0.15) is 0 Å². The predicted molar refractivity (Wildman–Crippen MR) is 115 cm³/mol. The van der Waals surface area contributed by atoms with Crippen molar-refractivity contribution in [2.75, 3.05) is 0 Å². The van der Waals surface area contributed by atoms with Gasteiger partial charge in [0, 0.05) is 0 Å². The Labute approximate surface area is 175 Å². The van der Waals surface area contributed by atoms with Crippen LogP contribution in [0.15, 0.2) is 24.3 Å². The van der Waals surface area contributed by atoms with Crippen molar-refractivity contribution in [3.63, 3.8) is 0 Å². The Morgan fingerprint density at radius 1 is 0.759 bits per heavy atom. The van der Waals surface area contributed by atoms with Crippen LogP contribution >= 0.6 is 0 Å². The maximum atomic E-state index is 12.5. The number of hydrogen-bond donors (Lipinski definition) is 0. The Bertz CT molecular complexity index is 573. The van der Waals surface area contributed by atoms with Crippen LogP contribution in [0.3, 0.4) is 0 Å². The highest BCUT2D eigenvalue weighted by Crippen LogP contribution is 2.44. The number of rotatable bonds is 8. The van der Waals surface area contributed by atoms with Crippen molar-refractivity contribution >= 4 is 0 Å². The molecule has 0 nitrogen and oxygen atoms in total. The van der Waals surface area contributed by atoms with E-state index in [2.05, 4.69) is 6.92 Å². The molecule has 0 N–H and O–H groups in total. The Kier molecular flexibility index (Phi) is 8.50. The van der Waals surface area contributed by atoms with Crippen LogP contribution < -0.4 is 0 Å². The molecule has 0 amide bonds. The van der Waals surface area contributed by atoms with Crippen LogP contribution in [0.25, 0.3) is 0 Å². The molecule has 29 heavy (non-hydrogen) atoms. The molecule has 0 aliphatic heterocycles. The van der Waals surface area contributed by atoms with Crippen molar-refractivity contribution in [3.8, 4) is 0 Å². The van der Waals surface area contributed by atoms with Gasteiger partial charge in [0.05, 0.1) is 6.42 Å². The highest BCUT2D eigenvalue weighted by atomic mass is 19.4. The molecule has 0 aromatic heterocycles. The van der Waals surface area contributed by atoms with Gasteiger partial charge in [0.2, 0.25) is 0 Å². The molecule has 0 spiro atoms. The molecule has 0 unspecified atom stereocenters. The molecular weight excluding hydrogens is 369 g/mol. The van der Waals surface area contributed by atoms with Gasteiger partial charge >= 0.3 is 6.18 Å². The minimum Gasteiger partial charge on any atom is -0.171 e. The Hall–Kier alpha value is -0.990. The molecule has 0 bridgehead atoms. The zero-order valence-electron chi connectivity index (χ0n) is 18.2. The van der Waals surface area contributed by atoms with E-state index in [1.165, 1.54) is 89.0 Å². The maximum absolute atomic E-state index is 12.5. The van der Waals surface area contributed by atoms with Gasteiger partial charge in [0.25, 0.3) is 0 Å². The van der Waals surface area contributed by atoms with Gasteiger partial charge in [-0.2, -0.15) is 13.2 Å². The third-order valence-electron chi connectivity index (χ3n) is 7.65. The van der Waals surface area contributed by atoms with Gasteiger partial charge in [0.15, 0.2) is 0 Å². The molecule has 2 fully saturated rings. The fourth-order valence-corrected chi connectivity index (χ4v) is 5.87. The van der Waals surface area contributed by atoms with E-state index in [-0.39, 0.29) is 0 Å². The van der Waals surface area contributed by atoms with E-state index < -0.39 is 12.6 Å². The van der Waals surface area contributed by atoms with Gasteiger partial charge in [-0.25, -0.2) is 0 Å². The second-order valence-electron chi connectivity index (χ2n) is 9.78. The van der Waals surface area contributed by atoms with Gasteiger partial charge in [-0.15, -0.1) is 0 Å². The number of unbranched alkanes of at least 4 members (excludes halogenated alkanes) is 3. The van der Waals surface area contributed by atoms with Crippen LogP contribution in [0.1, 0.15) is 107 Å². The van der Waals surface area contributed by atoms with Gasteiger partial charge in [-0.05, 0) is 73.3 Å². The van der Waals surface area contributed by atoms with Crippen molar-refractivity contribution in [2.45, 2.75) is 109 Å². The van der Waals surface area contributed by atoms with E-state index in [4.69, 9.17) is 0 Å². The molecule has 0 heterocycles. The Balaban J connectivity index is 1.38. The third kappa shape index (κ3) is 7.33. The second-order valence-corrected chi connectivity index (χ2v) is 9.78. The van der Waals surface area contributed by atoms with Crippen LogP contribution in [-0.4, -0.2) is 6.18 Å². The minimum absolute atomic E-state index is 0.376. The first kappa shape index (κ1) is 22.7. The Morgan fingerprint density at radius 2 is 1.34 bits per heavy atom. The van der Waals surface area contributed by atoms with E-state index in [9.17, 15) is 13.2 Å². The van der Waals surface area contributed by atoms with E-state index in [0.717, 1.165) is 17.8 Å². The predicted octanol–water partition coefficient (Wildman–Crippen LogP) is 8.84. The molecular formula is C26H39F3. The lowest BCUT2D eigenvalue weighted by Crippen LogP contribution is -2.25. The molecule has 3 heteroatoms. The lowest BCUT2D eigenvalue weighted by molar-refractivity contribution is -0.127. The van der Waals surface area contributed by atoms with E-state index in [0.29, 0.717) is 11.5 Å². The fraction of sp³-hybridized carbons (Fsp3) is 0.769. The fourth-order valence-electron chi connectivity index (χ4n) is 5.87. The molecule has 0 saturated heterocycles. The molecule has 3 rings (SSSR count). The molecule has 2 aliphatic rings. The highest BCUT2D eigenvalue weighted by molar-refractivity contribution is 5.26. The van der Waals surface area contributed by atoms with Crippen LogP contribution in [0.2, 0.25) is 0 Å². The quantitative estimate of drug-likeness (QED) is 0.377. The summed E-state index contributed by atoms with van der Waals surface area (Å²) in [4.78, 5) is 0. The summed E-state index contributed by atoms with van der Waals surface area (Å²) in [5.74, 6) is 3.34. The zero-order valence-corrected chi connectivity index (χ0v) is 18.2. The van der Waals surface area contributed by atoms with Gasteiger partial charge < -0.3 is 0 Å². The average molecular weight is 409 g/mol. The first-order valence-corrected chi connectivity index (χ1v) is 12.1. The van der Waals surface area contributed by atoms with Gasteiger partial charge in [-0.1, -0.05) is 76.1 Å². The van der Waals surface area contributed by atoms with Crippen molar-refractivity contribution < 1.29 is 13.2 Å². The van der Waals surface area contributed by atoms with E-state index >= 15 is 0 Å². The average Bonchev–Trinajstić information content (AvgIpc) is 2.71. The van der Waals surface area contributed by atoms with Crippen LogP contribution in [0.5, 0.6) is 0 Å². The highest BCUT2D eigenvalue weighted by Gasteiger charge is 2.31. The largest absolute Gasteiger partial charge is 0.393 e. The first-order valence-electron chi connectivity index (χ1n) is 12.1. The topological polar surface area (TPSA) is 0 Å².